The van der Waals surface area contributed by atoms with Crippen LogP contribution < -0.4 is 5.32 Å². The third-order valence-corrected chi connectivity index (χ3v) is 4.43. The van der Waals surface area contributed by atoms with Gasteiger partial charge in [0.2, 0.25) is 0 Å². The normalized spacial score (nSPS) is 21.0. The summed E-state index contributed by atoms with van der Waals surface area (Å²) in [5, 5.41) is 8.19. The lowest BCUT2D eigenvalue weighted by atomic mass is 10.1. The van der Waals surface area contributed by atoms with Crippen LogP contribution in [0.1, 0.15) is 41.7 Å². The molecule has 0 spiro atoms. The molecule has 118 valence electrons. The third kappa shape index (κ3) is 3.10. The minimum absolute atomic E-state index is 0.0558. The van der Waals surface area contributed by atoms with Gasteiger partial charge in [0, 0.05) is 19.3 Å². The van der Waals surface area contributed by atoms with E-state index in [1.165, 1.54) is 18.4 Å². The molecule has 1 fully saturated rings. The summed E-state index contributed by atoms with van der Waals surface area (Å²) < 4.78 is 13.6. The van der Waals surface area contributed by atoms with Crippen molar-refractivity contribution in [1.29, 1.82) is 0 Å². The number of fused-ring (bicyclic) bond motifs is 1. The average Bonchev–Trinajstić information content (AvgIpc) is 3.05. The molecule has 0 amide bonds. The summed E-state index contributed by atoms with van der Waals surface area (Å²) in [6.07, 6.45) is 5.97. The summed E-state index contributed by atoms with van der Waals surface area (Å²) >= 11 is 0. The predicted molar refractivity (Wildman–Crippen MR) is 82.5 cm³/mol. The molecule has 4 rings (SSSR count). The highest BCUT2D eigenvalue weighted by Gasteiger charge is 2.27. The molecule has 3 heterocycles. The lowest BCUT2D eigenvalue weighted by Crippen LogP contribution is -2.27. The molecule has 0 saturated heterocycles. The van der Waals surface area contributed by atoms with Crippen molar-refractivity contribution < 1.29 is 9.15 Å². The Hall–Kier alpha value is -1.59. The number of hydrogen-bond acceptors (Lipinski definition) is 4. The highest BCUT2D eigenvalue weighted by molar-refractivity contribution is 5.22. The zero-order valence-corrected chi connectivity index (χ0v) is 13.0. The van der Waals surface area contributed by atoms with Crippen LogP contribution in [0, 0.1) is 12.8 Å². The van der Waals surface area contributed by atoms with Crippen LogP contribution in [-0.4, -0.2) is 22.9 Å². The van der Waals surface area contributed by atoms with Gasteiger partial charge in [0.25, 0.3) is 0 Å². The van der Waals surface area contributed by atoms with E-state index in [2.05, 4.69) is 16.2 Å². The fourth-order valence-electron chi connectivity index (χ4n) is 3.05. The number of aryl methyl sites for hydroxylation is 1. The zero-order chi connectivity index (χ0) is 14.9. The van der Waals surface area contributed by atoms with Crippen LogP contribution in [0.2, 0.25) is 0 Å². The Balaban J connectivity index is 1.37. The first-order valence-electron chi connectivity index (χ1n) is 8.22. The average molecular weight is 301 g/mol. The van der Waals surface area contributed by atoms with E-state index in [1.54, 1.807) is 0 Å². The van der Waals surface area contributed by atoms with Crippen LogP contribution in [0.25, 0.3) is 0 Å². The van der Waals surface area contributed by atoms with Crippen LogP contribution in [0.3, 0.4) is 0 Å². The highest BCUT2D eigenvalue weighted by atomic mass is 16.5. The van der Waals surface area contributed by atoms with Gasteiger partial charge in [-0.25, -0.2) is 0 Å². The molecule has 5 heteroatoms. The van der Waals surface area contributed by atoms with Crippen molar-refractivity contribution >= 4 is 0 Å². The van der Waals surface area contributed by atoms with Crippen molar-refractivity contribution in [3.63, 3.8) is 0 Å². The first-order chi connectivity index (χ1) is 10.8. The Morgan fingerprint density at radius 3 is 3.05 bits per heavy atom. The number of nitrogens with one attached hydrogen (secondary N) is 1. The summed E-state index contributed by atoms with van der Waals surface area (Å²) in [7, 11) is 0. The fraction of sp³-hybridized carbons (Fsp3) is 0.588. The van der Waals surface area contributed by atoms with Crippen molar-refractivity contribution in [1.82, 2.24) is 15.1 Å². The molecule has 1 atom stereocenters. The van der Waals surface area contributed by atoms with E-state index in [0.29, 0.717) is 0 Å². The van der Waals surface area contributed by atoms with E-state index in [-0.39, 0.29) is 6.10 Å². The van der Waals surface area contributed by atoms with Crippen molar-refractivity contribution in [2.45, 2.75) is 45.4 Å². The minimum atomic E-state index is 0.0558. The Bertz CT molecular complexity index is 642. The monoisotopic (exact) mass is 301 g/mol. The molecule has 0 bridgehead atoms. The maximum atomic E-state index is 5.91. The molecule has 0 radical (unpaired) electrons. The minimum Gasteiger partial charge on any atom is -0.465 e. The molecule has 5 nitrogen and oxygen atoms in total. The van der Waals surface area contributed by atoms with Crippen molar-refractivity contribution in [2.75, 3.05) is 13.2 Å². The van der Waals surface area contributed by atoms with Gasteiger partial charge >= 0.3 is 0 Å². The molecule has 1 N–H and O–H groups in total. The Labute approximate surface area is 130 Å². The number of hydrogen-bond donors (Lipinski definition) is 1. The molecular formula is C17H23N3O2. The van der Waals surface area contributed by atoms with Crippen molar-refractivity contribution in [3.05, 3.63) is 41.1 Å². The molecule has 1 aliphatic carbocycles. The third-order valence-electron chi connectivity index (χ3n) is 4.43. The van der Waals surface area contributed by atoms with E-state index >= 15 is 0 Å². The van der Waals surface area contributed by atoms with Crippen molar-refractivity contribution in [3.8, 4) is 0 Å². The first kappa shape index (κ1) is 14.0. The van der Waals surface area contributed by atoms with E-state index < -0.39 is 0 Å². The van der Waals surface area contributed by atoms with Gasteiger partial charge in [-0.2, -0.15) is 5.10 Å². The molecule has 2 aromatic heterocycles. The predicted octanol–water partition coefficient (Wildman–Crippen LogP) is 2.60. The van der Waals surface area contributed by atoms with Crippen LogP contribution in [0.5, 0.6) is 0 Å². The van der Waals surface area contributed by atoms with Gasteiger partial charge in [-0.3, -0.25) is 4.68 Å². The van der Waals surface area contributed by atoms with E-state index in [9.17, 15) is 0 Å². The molecule has 22 heavy (non-hydrogen) atoms. The molecule has 1 aliphatic heterocycles. The molecule has 0 aromatic carbocycles. The number of rotatable bonds is 6. The first-order valence-corrected chi connectivity index (χ1v) is 8.22. The second-order valence-electron chi connectivity index (χ2n) is 6.46. The topological polar surface area (TPSA) is 52.2 Å². The number of ether oxygens (including phenoxy) is 1. The largest absolute Gasteiger partial charge is 0.465 e. The summed E-state index contributed by atoms with van der Waals surface area (Å²) in [6.45, 7) is 5.32. The van der Waals surface area contributed by atoms with Gasteiger partial charge in [0.05, 0.1) is 18.8 Å². The Morgan fingerprint density at radius 1 is 1.36 bits per heavy atom. The summed E-state index contributed by atoms with van der Waals surface area (Å²) in [6, 6.07) is 4.01. The van der Waals surface area contributed by atoms with Gasteiger partial charge < -0.3 is 14.5 Å². The Kier molecular flexibility index (Phi) is 3.76. The number of furan rings is 1. The van der Waals surface area contributed by atoms with Crippen LogP contribution in [0.15, 0.2) is 22.7 Å². The molecular weight excluding hydrogens is 278 g/mol. The van der Waals surface area contributed by atoms with Crippen LogP contribution in [-0.2, 0) is 24.2 Å². The standard InChI is InChI=1S/C17H23N3O2/c1-12-2-5-15(22-12)8-18-9-16-17-14(6-7-21-16)11-20(19-17)10-13-3-4-13/h2,5,11,13,16,18H,3-4,6-10H2,1H3. The smallest absolute Gasteiger partial charge is 0.117 e. The number of aromatic nitrogens is 2. The summed E-state index contributed by atoms with van der Waals surface area (Å²) in [5.74, 6) is 2.76. The molecule has 2 aromatic rings. The van der Waals surface area contributed by atoms with E-state index in [1.807, 2.05) is 19.1 Å². The lowest BCUT2D eigenvalue weighted by molar-refractivity contribution is 0.0390. The second-order valence-corrected chi connectivity index (χ2v) is 6.46. The summed E-state index contributed by atoms with van der Waals surface area (Å²) in [4.78, 5) is 0. The van der Waals surface area contributed by atoms with Gasteiger partial charge in [0.1, 0.15) is 17.6 Å². The van der Waals surface area contributed by atoms with E-state index in [4.69, 9.17) is 14.3 Å². The maximum Gasteiger partial charge on any atom is 0.117 e. The van der Waals surface area contributed by atoms with Gasteiger partial charge in [-0.15, -0.1) is 0 Å². The molecule has 2 aliphatic rings. The molecule has 1 saturated carbocycles. The maximum absolute atomic E-state index is 5.91. The second kappa shape index (κ2) is 5.89. The molecule has 1 unspecified atom stereocenters. The zero-order valence-electron chi connectivity index (χ0n) is 13.0. The summed E-state index contributed by atoms with van der Waals surface area (Å²) in [5.41, 5.74) is 2.47. The van der Waals surface area contributed by atoms with Gasteiger partial charge in [0.15, 0.2) is 0 Å². The van der Waals surface area contributed by atoms with Crippen LogP contribution in [0.4, 0.5) is 0 Å². The van der Waals surface area contributed by atoms with E-state index in [0.717, 1.165) is 55.8 Å². The van der Waals surface area contributed by atoms with Crippen LogP contribution >= 0.6 is 0 Å². The lowest BCUT2D eigenvalue weighted by Gasteiger charge is -2.22. The Morgan fingerprint density at radius 2 is 2.27 bits per heavy atom. The van der Waals surface area contributed by atoms with Crippen molar-refractivity contribution in [2.24, 2.45) is 5.92 Å². The van der Waals surface area contributed by atoms with Gasteiger partial charge in [-0.05, 0) is 49.8 Å². The fourth-order valence-corrected chi connectivity index (χ4v) is 3.05. The SMILES string of the molecule is Cc1ccc(CNCC2OCCc3cn(CC4CC4)nc32)o1. The highest BCUT2D eigenvalue weighted by Crippen LogP contribution is 2.32. The van der Waals surface area contributed by atoms with Gasteiger partial charge in [-0.1, -0.05) is 0 Å². The quantitative estimate of drug-likeness (QED) is 0.891. The number of nitrogens with zero attached hydrogens (tertiary/aromatic N) is 2.